The number of methoxy groups -OCH3 is 2. The molecule has 0 radical (unpaired) electrons. The topological polar surface area (TPSA) is 61.6 Å². The highest BCUT2D eigenvalue weighted by Gasteiger charge is 2.11. The van der Waals surface area contributed by atoms with E-state index in [2.05, 4.69) is 15.9 Å². The third kappa shape index (κ3) is 3.20. The van der Waals surface area contributed by atoms with E-state index in [9.17, 15) is 10.1 Å². The van der Waals surface area contributed by atoms with Crippen LogP contribution in [0.3, 0.4) is 0 Å². The van der Waals surface area contributed by atoms with Crippen molar-refractivity contribution < 1.29 is 14.4 Å². The molecule has 0 unspecified atom stereocenters. The molecular weight excluding hydrogens is 290 g/mol. The third-order valence-corrected chi connectivity index (χ3v) is 2.73. The number of hydrogen-bond donors (Lipinski definition) is 0. The number of nitrogens with zero attached hydrogens (tertiary/aromatic N) is 1. The van der Waals surface area contributed by atoms with Gasteiger partial charge in [-0.05, 0) is 28.1 Å². The van der Waals surface area contributed by atoms with E-state index in [0.29, 0.717) is 21.5 Å². The van der Waals surface area contributed by atoms with Gasteiger partial charge >= 0.3 is 0 Å². The summed E-state index contributed by atoms with van der Waals surface area (Å²) in [4.78, 5) is 10.1. The van der Waals surface area contributed by atoms with Crippen LogP contribution in [-0.2, 0) is 0 Å². The second-order valence-corrected chi connectivity index (χ2v) is 4.13. The first-order chi connectivity index (χ1) is 7.99. The van der Waals surface area contributed by atoms with Gasteiger partial charge in [-0.1, -0.05) is 0 Å². The normalized spacial score (nSPS) is 11.2. The molecule has 0 aliphatic heterocycles. The lowest BCUT2D eigenvalue weighted by atomic mass is 10.1. The second kappa shape index (κ2) is 5.67. The predicted octanol–water partition coefficient (Wildman–Crippen LogP) is 3.10. The van der Waals surface area contributed by atoms with Crippen molar-refractivity contribution in [1.82, 2.24) is 0 Å². The lowest BCUT2D eigenvalue weighted by Gasteiger charge is -2.09. The maximum absolute atomic E-state index is 10.6. The molecule has 0 aromatic heterocycles. The number of benzene rings is 1. The molecule has 0 heterocycles. The van der Waals surface area contributed by atoms with Gasteiger partial charge in [0.2, 0.25) is 5.70 Å². The molecule has 17 heavy (non-hydrogen) atoms. The van der Waals surface area contributed by atoms with Gasteiger partial charge in [-0.2, -0.15) is 0 Å². The molecule has 0 saturated heterocycles. The Morgan fingerprint density at radius 2 is 2.06 bits per heavy atom. The number of ether oxygens (including phenoxy) is 2. The lowest BCUT2D eigenvalue weighted by molar-refractivity contribution is -0.422. The van der Waals surface area contributed by atoms with Gasteiger partial charge in [-0.15, -0.1) is 0 Å². The van der Waals surface area contributed by atoms with Crippen LogP contribution in [-0.4, -0.2) is 19.1 Å². The SMILES string of the molecule is COc1cc(Br)c(OC)c(C=C(C)[N+](=O)[O-])c1. The molecule has 1 aromatic carbocycles. The zero-order valence-corrected chi connectivity index (χ0v) is 11.3. The monoisotopic (exact) mass is 301 g/mol. The molecule has 6 heteroatoms. The van der Waals surface area contributed by atoms with Crippen molar-refractivity contribution in [2.75, 3.05) is 14.2 Å². The molecule has 0 bridgehead atoms. The van der Waals surface area contributed by atoms with Crippen molar-refractivity contribution in [1.29, 1.82) is 0 Å². The summed E-state index contributed by atoms with van der Waals surface area (Å²) in [6, 6.07) is 3.41. The minimum atomic E-state index is -0.452. The number of halogens is 1. The van der Waals surface area contributed by atoms with Gasteiger partial charge in [0.15, 0.2) is 0 Å². The van der Waals surface area contributed by atoms with Crippen molar-refractivity contribution >= 4 is 22.0 Å². The smallest absolute Gasteiger partial charge is 0.243 e. The molecule has 0 atom stereocenters. The molecule has 5 nitrogen and oxygen atoms in total. The van der Waals surface area contributed by atoms with E-state index < -0.39 is 4.92 Å². The first-order valence-corrected chi connectivity index (χ1v) is 5.53. The summed E-state index contributed by atoms with van der Waals surface area (Å²) in [5.74, 6) is 1.13. The highest BCUT2D eigenvalue weighted by Crippen LogP contribution is 2.34. The maximum atomic E-state index is 10.6. The average Bonchev–Trinajstić information content (AvgIpc) is 2.28. The van der Waals surface area contributed by atoms with Crippen LogP contribution in [0.15, 0.2) is 22.3 Å². The van der Waals surface area contributed by atoms with E-state index in [1.54, 1.807) is 12.1 Å². The third-order valence-electron chi connectivity index (χ3n) is 2.14. The number of allylic oxidation sites excluding steroid dienone is 1. The van der Waals surface area contributed by atoms with Crippen LogP contribution in [0.4, 0.5) is 0 Å². The molecule has 0 amide bonds. The number of rotatable bonds is 4. The van der Waals surface area contributed by atoms with Gasteiger partial charge in [0.05, 0.1) is 23.6 Å². The Kier molecular flexibility index (Phi) is 4.51. The Morgan fingerprint density at radius 1 is 1.41 bits per heavy atom. The highest BCUT2D eigenvalue weighted by atomic mass is 79.9. The van der Waals surface area contributed by atoms with Crippen molar-refractivity contribution in [3.63, 3.8) is 0 Å². The average molecular weight is 302 g/mol. The van der Waals surface area contributed by atoms with E-state index in [0.717, 1.165) is 0 Å². The zero-order valence-electron chi connectivity index (χ0n) is 9.69. The predicted molar refractivity (Wildman–Crippen MR) is 67.9 cm³/mol. The first kappa shape index (κ1) is 13.5. The highest BCUT2D eigenvalue weighted by molar-refractivity contribution is 9.10. The fourth-order valence-electron chi connectivity index (χ4n) is 1.31. The Labute approximate surface area is 107 Å². The Balaban J connectivity index is 3.34. The Morgan fingerprint density at radius 3 is 2.53 bits per heavy atom. The van der Waals surface area contributed by atoms with Gasteiger partial charge in [0.1, 0.15) is 11.5 Å². The fraction of sp³-hybridized carbons (Fsp3) is 0.273. The zero-order chi connectivity index (χ0) is 13.0. The van der Waals surface area contributed by atoms with Crippen molar-refractivity contribution in [3.05, 3.63) is 38.0 Å². The molecule has 1 rings (SSSR count). The standard InChI is InChI=1S/C11H12BrNO4/c1-7(13(14)15)4-8-5-9(16-2)6-10(12)11(8)17-3/h4-6H,1-3H3. The molecular formula is C11H12BrNO4. The van der Waals surface area contributed by atoms with Crippen molar-refractivity contribution in [2.45, 2.75) is 6.92 Å². The van der Waals surface area contributed by atoms with Gasteiger partial charge < -0.3 is 9.47 Å². The Bertz CT molecular complexity index is 471. The van der Waals surface area contributed by atoms with Crippen LogP contribution in [0, 0.1) is 10.1 Å². The number of nitro groups is 1. The van der Waals surface area contributed by atoms with Gasteiger partial charge in [-0.3, -0.25) is 10.1 Å². The molecule has 92 valence electrons. The van der Waals surface area contributed by atoms with Gasteiger partial charge in [0, 0.05) is 18.6 Å². The summed E-state index contributed by atoms with van der Waals surface area (Å²) in [5, 5.41) is 10.6. The number of hydrogen-bond acceptors (Lipinski definition) is 4. The van der Waals surface area contributed by atoms with E-state index in [1.807, 2.05) is 0 Å². The molecule has 0 N–H and O–H groups in total. The van der Waals surface area contributed by atoms with E-state index in [4.69, 9.17) is 9.47 Å². The second-order valence-electron chi connectivity index (χ2n) is 3.27. The van der Waals surface area contributed by atoms with Gasteiger partial charge in [0.25, 0.3) is 0 Å². The molecule has 0 spiro atoms. The molecule has 1 aromatic rings. The van der Waals surface area contributed by atoms with Crippen LogP contribution < -0.4 is 9.47 Å². The van der Waals surface area contributed by atoms with Crippen LogP contribution in [0.2, 0.25) is 0 Å². The quantitative estimate of drug-likeness (QED) is 0.633. The van der Waals surface area contributed by atoms with E-state index >= 15 is 0 Å². The minimum absolute atomic E-state index is 0.0310. The molecule has 0 aliphatic carbocycles. The minimum Gasteiger partial charge on any atom is -0.497 e. The fourth-order valence-corrected chi connectivity index (χ4v) is 1.92. The van der Waals surface area contributed by atoms with Crippen LogP contribution in [0.25, 0.3) is 6.08 Å². The van der Waals surface area contributed by atoms with Crippen LogP contribution >= 0.6 is 15.9 Å². The first-order valence-electron chi connectivity index (χ1n) is 4.73. The van der Waals surface area contributed by atoms with Crippen molar-refractivity contribution in [3.8, 4) is 11.5 Å². The van der Waals surface area contributed by atoms with Crippen LogP contribution in [0.5, 0.6) is 11.5 Å². The summed E-state index contributed by atoms with van der Waals surface area (Å²) < 4.78 is 11.0. The maximum Gasteiger partial charge on any atom is 0.243 e. The summed E-state index contributed by atoms with van der Waals surface area (Å²) >= 11 is 3.32. The summed E-state index contributed by atoms with van der Waals surface area (Å²) in [6.07, 6.45) is 1.44. The molecule has 0 saturated carbocycles. The lowest BCUT2D eigenvalue weighted by Crippen LogP contribution is -1.96. The Hall–Kier alpha value is -1.56. The summed E-state index contributed by atoms with van der Waals surface area (Å²) in [7, 11) is 3.04. The van der Waals surface area contributed by atoms with E-state index in [-0.39, 0.29) is 5.70 Å². The summed E-state index contributed by atoms with van der Waals surface area (Å²) in [6.45, 7) is 1.42. The van der Waals surface area contributed by atoms with Crippen LogP contribution in [0.1, 0.15) is 12.5 Å². The van der Waals surface area contributed by atoms with Crippen molar-refractivity contribution in [2.24, 2.45) is 0 Å². The van der Waals surface area contributed by atoms with E-state index in [1.165, 1.54) is 27.2 Å². The van der Waals surface area contributed by atoms with Gasteiger partial charge in [-0.25, -0.2) is 0 Å². The summed E-state index contributed by atoms with van der Waals surface area (Å²) in [5.41, 5.74) is 0.622. The molecule has 0 aliphatic rings. The molecule has 0 fully saturated rings. The largest absolute Gasteiger partial charge is 0.497 e.